The molecule has 0 spiro atoms. The van der Waals surface area contributed by atoms with Crippen LogP contribution in [0.4, 0.5) is 0 Å². The van der Waals surface area contributed by atoms with Crippen LogP contribution in [0, 0.1) is 5.41 Å². The molecule has 0 bridgehead atoms. The average Bonchev–Trinajstić information content (AvgIpc) is 3.22. The molecule has 0 radical (unpaired) electrons. The Balaban J connectivity index is 1.24. The summed E-state index contributed by atoms with van der Waals surface area (Å²) in [6.07, 6.45) is 5.28. The van der Waals surface area contributed by atoms with E-state index in [1.807, 2.05) is 45.2 Å². The van der Waals surface area contributed by atoms with Gasteiger partial charge in [-0.25, -0.2) is 4.68 Å². The second-order valence-corrected chi connectivity index (χ2v) is 11.5. The molecule has 2 aromatic rings. The van der Waals surface area contributed by atoms with Crippen molar-refractivity contribution < 1.29 is 19.4 Å². The molecule has 3 fully saturated rings. The van der Waals surface area contributed by atoms with E-state index in [2.05, 4.69) is 27.8 Å². The van der Waals surface area contributed by atoms with Gasteiger partial charge in [0.15, 0.2) is 0 Å². The molecule has 5 rings (SSSR count). The Morgan fingerprint density at radius 3 is 2.61 bits per heavy atom. The molecular weight excluding hydrogens is 458 g/mol. The van der Waals surface area contributed by atoms with Crippen LogP contribution in [-0.2, 0) is 14.3 Å². The van der Waals surface area contributed by atoms with Crippen molar-refractivity contribution in [1.82, 2.24) is 25.2 Å². The first-order valence-corrected chi connectivity index (χ1v) is 13.1. The Hall–Kier alpha value is -2.78. The fourth-order valence-corrected chi connectivity index (χ4v) is 5.43. The minimum atomic E-state index is -0.742. The Morgan fingerprint density at radius 2 is 1.92 bits per heavy atom. The molecule has 0 unspecified atom stereocenters. The van der Waals surface area contributed by atoms with Crippen LogP contribution in [-0.4, -0.2) is 68.2 Å². The van der Waals surface area contributed by atoms with Crippen molar-refractivity contribution in [2.45, 2.75) is 89.2 Å². The van der Waals surface area contributed by atoms with Gasteiger partial charge in [-0.2, -0.15) is 0 Å². The number of aliphatic hydroxyl groups excluding tert-OH is 1. The van der Waals surface area contributed by atoms with Crippen LogP contribution >= 0.6 is 0 Å². The summed E-state index contributed by atoms with van der Waals surface area (Å²) < 4.78 is 7.80. The number of hydrogen-bond acceptors (Lipinski definition) is 6. The minimum absolute atomic E-state index is 0.0373. The molecule has 2 saturated heterocycles. The summed E-state index contributed by atoms with van der Waals surface area (Å²) in [4.78, 5) is 28.6. The van der Waals surface area contributed by atoms with Gasteiger partial charge in [-0.3, -0.25) is 9.59 Å². The van der Waals surface area contributed by atoms with Crippen molar-refractivity contribution in [3.63, 3.8) is 0 Å². The van der Waals surface area contributed by atoms with Crippen molar-refractivity contribution in [3.05, 3.63) is 47.8 Å². The number of aromatic nitrogens is 3. The molecule has 1 saturated carbocycles. The van der Waals surface area contributed by atoms with E-state index < -0.39 is 23.6 Å². The predicted molar refractivity (Wildman–Crippen MR) is 133 cm³/mol. The van der Waals surface area contributed by atoms with Crippen LogP contribution in [0.3, 0.4) is 0 Å². The van der Waals surface area contributed by atoms with Crippen LogP contribution in [0.1, 0.15) is 82.2 Å². The number of hydrogen-bond donors (Lipinski definition) is 2. The monoisotopic (exact) mass is 495 g/mol. The van der Waals surface area contributed by atoms with Gasteiger partial charge in [0.1, 0.15) is 12.1 Å². The summed E-state index contributed by atoms with van der Waals surface area (Å²) in [5.41, 5.74) is 1.61. The second kappa shape index (κ2) is 9.94. The van der Waals surface area contributed by atoms with E-state index in [0.717, 1.165) is 36.9 Å². The standard InChI is InChI=1S/C27H37N5O4/c1-27(2,3)24(32-16-21(29-30-32)17-9-10-17)26(35)31-15-19(33)13-22(31)25(34)28-14-20-11-12-23(36-20)18-7-5-4-6-8-18/h4-8,16-17,19-20,22-24,33H,9-15H2,1-3H3,(H,28,34)/t19-,20-,22+,23-,24-/m1/s1. The van der Waals surface area contributed by atoms with E-state index in [1.54, 1.807) is 4.68 Å². The van der Waals surface area contributed by atoms with Gasteiger partial charge in [0.25, 0.3) is 0 Å². The van der Waals surface area contributed by atoms with Crippen LogP contribution < -0.4 is 5.32 Å². The van der Waals surface area contributed by atoms with E-state index in [-0.39, 0.29) is 37.0 Å². The first-order valence-electron chi connectivity index (χ1n) is 13.1. The van der Waals surface area contributed by atoms with Crippen molar-refractivity contribution in [2.75, 3.05) is 13.1 Å². The van der Waals surface area contributed by atoms with Crippen LogP contribution in [0.15, 0.2) is 36.5 Å². The first kappa shape index (κ1) is 24.9. The van der Waals surface area contributed by atoms with Gasteiger partial charge in [0, 0.05) is 31.6 Å². The van der Waals surface area contributed by atoms with Crippen molar-refractivity contribution in [2.24, 2.45) is 5.41 Å². The van der Waals surface area contributed by atoms with Gasteiger partial charge in [0.05, 0.1) is 24.0 Å². The lowest BCUT2D eigenvalue weighted by molar-refractivity contribution is -0.144. The lowest BCUT2D eigenvalue weighted by Gasteiger charge is -2.34. The fraction of sp³-hybridized carbons (Fsp3) is 0.630. The molecule has 1 aromatic heterocycles. The molecule has 36 heavy (non-hydrogen) atoms. The van der Waals surface area contributed by atoms with Crippen LogP contribution in [0.5, 0.6) is 0 Å². The highest BCUT2D eigenvalue weighted by Crippen LogP contribution is 2.40. The van der Waals surface area contributed by atoms with Gasteiger partial charge in [-0.15, -0.1) is 5.10 Å². The number of aliphatic hydroxyl groups is 1. The Kier molecular flexibility index (Phi) is 6.87. The highest BCUT2D eigenvalue weighted by Gasteiger charge is 2.45. The van der Waals surface area contributed by atoms with Gasteiger partial charge in [0.2, 0.25) is 11.8 Å². The topological polar surface area (TPSA) is 110 Å². The Morgan fingerprint density at radius 1 is 1.17 bits per heavy atom. The zero-order valence-corrected chi connectivity index (χ0v) is 21.3. The summed E-state index contributed by atoms with van der Waals surface area (Å²) in [5, 5.41) is 22.0. The number of nitrogens with one attached hydrogen (secondary N) is 1. The van der Waals surface area contributed by atoms with Gasteiger partial charge < -0.3 is 20.1 Å². The quantitative estimate of drug-likeness (QED) is 0.611. The number of carbonyl (C=O) groups is 2. The lowest BCUT2D eigenvalue weighted by atomic mass is 9.85. The molecule has 2 amide bonds. The maximum atomic E-state index is 13.8. The zero-order valence-electron chi connectivity index (χ0n) is 21.3. The van der Waals surface area contributed by atoms with Gasteiger partial charge in [-0.05, 0) is 36.7 Å². The van der Waals surface area contributed by atoms with Crippen molar-refractivity contribution >= 4 is 11.8 Å². The SMILES string of the molecule is CC(C)(C)[C@@H](C(=O)N1C[C@H](O)C[C@H]1C(=O)NC[C@H]1CC[C@H](c2ccccc2)O1)n1cc(C2CC2)nn1. The first-order chi connectivity index (χ1) is 17.2. The summed E-state index contributed by atoms with van der Waals surface area (Å²) >= 11 is 0. The highest BCUT2D eigenvalue weighted by atomic mass is 16.5. The molecule has 1 aromatic carbocycles. The summed E-state index contributed by atoms with van der Waals surface area (Å²) in [6.45, 7) is 6.46. The molecular formula is C27H37N5O4. The van der Waals surface area contributed by atoms with E-state index in [1.165, 1.54) is 4.90 Å². The molecule has 2 N–H and O–H groups in total. The van der Waals surface area contributed by atoms with Gasteiger partial charge in [-0.1, -0.05) is 56.3 Å². The maximum absolute atomic E-state index is 13.8. The molecule has 1 aliphatic carbocycles. The second-order valence-electron chi connectivity index (χ2n) is 11.5. The minimum Gasteiger partial charge on any atom is -0.391 e. The number of amides is 2. The number of ether oxygens (including phenoxy) is 1. The predicted octanol–water partition coefficient (Wildman–Crippen LogP) is 2.74. The third-order valence-corrected chi connectivity index (χ3v) is 7.49. The normalized spacial score (nSPS) is 27.3. The largest absolute Gasteiger partial charge is 0.391 e. The number of β-amino-alcohol motifs (C(OH)–C–C–N with tert-alkyl or cyclic N) is 1. The number of benzene rings is 1. The summed E-state index contributed by atoms with van der Waals surface area (Å²) in [5.74, 6) is -0.0369. The molecule has 3 aliphatic rings. The summed E-state index contributed by atoms with van der Waals surface area (Å²) in [6, 6.07) is 8.76. The molecule has 194 valence electrons. The number of nitrogens with zero attached hydrogens (tertiary/aromatic N) is 4. The summed E-state index contributed by atoms with van der Waals surface area (Å²) in [7, 11) is 0. The molecule has 3 heterocycles. The Labute approximate surface area is 212 Å². The van der Waals surface area contributed by atoms with Crippen LogP contribution in [0.25, 0.3) is 0 Å². The van der Waals surface area contributed by atoms with E-state index in [4.69, 9.17) is 4.74 Å². The smallest absolute Gasteiger partial charge is 0.248 e. The molecule has 9 nitrogen and oxygen atoms in total. The van der Waals surface area contributed by atoms with Gasteiger partial charge >= 0.3 is 0 Å². The lowest BCUT2D eigenvalue weighted by Crippen LogP contribution is -2.51. The third kappa shape index (κ3) is 5.32. The number of rotatable bonds is 7. The van der Waals surface area contributed by atoms with Crippen LogP contribution in [0.2, 0.25) is 0 Å². The number of carbonyl (C=O) groups excluding carboxylic acids is 2. The van der Waals surface area contributed by atoms with E-state index in [0.29, 0.717) is 12.5 Å². The molecule has 2 aliphatic heterocycles. The third-order valence-electron chi connectivity index (χ3n) is 7.49. The fourth-order valence-electron chi connectivity index (χ4n) is 5.43. The highest BCUT2D eigenvalue weighted by molar-refractivity contribution is 5.90. The maximum Gasteiger partial charge on any atom is 0.248 e. The van der Waals surface area contributed by atoms with E-state index in [9.17, 15) is 14.7 Å². The van der Waals surface area contributed by atoms with Crippen molar-refractivity contribution in [3.8, 4) is 0 Å². The Bertz CT molecular complexity index is 1080. The zero-order chi connectivity index (χ0) is 25.4. The average molecular weight is 496 g/mol. The van der Waals surface area contributed by atoms with E-state index >= 15 is 0 Å². The molecule has 9 heteroatoms. The number of likely N-dealkylation sites (tertiary alicyclic amines) is 1. The van der Waals surface area contributed by atoms with Crippen molar-refractivity contribution in [1.29, 1.82) is 0 Å². The molecule has 5 atom stereocenters.